The molecule has 0 aliphatic heterocycles. The highest BCUT2D eigenvalue weighted by atomic mass is 16.6. The maximum absolute atomic E-state index is 13.3. The van der Waals surface area contributed by atoms with Gasteiger partial charge in [0.2, 0.25) is 5.91 Å². The molecule has 2 fully saturated rings. The van der Waals surface area contributed by atoms with Crippen molar-refractivity contribution >= 4 is 18.0 Å². The summed E-state index contributed by atoms with van der Waals surface area (Å²) >= 11 is 0. The van der Waals surface area contributed by atoms with E-state index in [-0.39, 0.29) is 35.2 Å². The monoisotopic (exact) mass is 494 g/mol. The Kier molecular flexibility index (Phi) is 11.8. The SMILES string of the molecule is CCCCOC(=O)[C@H](CC)[C@H]1CCCC[C@H]1NC(=O)CC1(CNC(=O)OC(C)(C)C)CCCCC1. The first-order valence-corrected chi connectivity index (χ1v) is 14.0. The molecule has 7 nitrogen and oxygen atoms in total. The normalized spacial score (nSPS) is 23.1. The third-order valence-corrected chi connectivity index (χ3v) is 7.62. The van der Waals surface area contributed by atoms with E-state index >= 15 is 0 Å². The van der Waals surface area contributed by atoms with Crippen LogP contribution in [0.2, 0.25) is 0 Å². The van der Waals surface area contributed by atoms with Crippen LogP contribution in [0.15, 0.2) is 0 Å². The Hall–Kier alpha value is -1.79. The molecule has 7 heteroatoms. The molecular formula is C28H50N2O5. The van der Waals surface area contributed by atoms with Crippen LogP contribution in [0.4, 0.5) is 4.79 Å². The van der Waals surface area contributed by atoms with Crippen LogP contribution in [0.3, 0.4) is 0 Å². The van der Waals surface area contributed by atoms with Gasteiger partial charge in [-0.15, -0.1) is 0 Å². The van der Waals surface area contributed by atoms with E-state index in [4.69, 9.17) is 9.47 Å². The Morgan fingerprint density at radius 1 is 1.00 bits per heavy atom. The largest absolute Gasteiger partial charge is 0.465 e. The lowest BCUT2D eigenvalue weighted by Gasteiger charge is -2.39. The number of hydrogen-bond donors (Lipinski definition) is 2. The number of unbranched alkanes of at least 4 members (excludes halogenated alkanes) is 1. The number of esters is 1. The average molecular weight is 495 g/mol. The van der Waals surface area contributed by atoms with Gasteiger partial charge in [-0.3, -0.25) is 9.59 Å². The molecule has 35 heavy (non-hydrogen) atoms. The fraction of sp³-hybridized carbons (Fsp3) is 0.893. The van der Waals surface area contributed by atoms with Gasteiger partial charge in [0, 0.05) is 19.0 Å². The van der Waals surface area contributed by atoms with Gasteiger partial charge < -0.3 is 20.1 Å². The number of carbonyl (C=O) groups excluding carboxylic acids is 3. The maximum atomic E-state index is 13.3. The number of alkyl carbamates (subject to hydrolysis) is 1. The summed E-state index contributed by atoms with van der Waals surface area (Å²) in [6.45, 7) is 10.6. The molecular weight excluding hydrogens is 444 g/mol. The van der Waals surface area contributed by atoms with Crippen molar-refractivity contribution in [2.45, 2.75) is 130 Å². The smallest absolute Gasteiger partial charge is 0.407 e. The molecule has 0 aromatic carbocycles. The summed E-state index contributed by atoms with van der Waals surface area (Å²) in [5.74, 6) is -0.134. The molecule has 2 N–H and O–H groups in total. The van der Waals surface area contributed by atoms with E-state index in [1.165, 1.54) is 6.42 Å². The maximum Gasteiger partial charge on any atom is 0.407 e. The van der Waals surface area contributed by atoms with E-state index in [0.717, 1.165) is 70.6 Å². The highest BCUT2D eigenvalue weighted by molar-refractivity contribution is 5.78. The number of carbonyl (C=O) groups is 3. The summed E-state index contributed by atoms with van der Waals surface area (Å²) in [5, 5.41) is 6.24. The average Bonchev–Trinajstić information content (AvgIpc) is 2.79. The lowest BCUT2D eigenvalue weighted by Crippen LogP contribution is -2.49. The third-order valence-electron chi connectivity index (χ3n) is 7.62. The topological polar surface area (TPSA) is 93.7 Å². The van der Waals surface area contributed by atoms with Crippen LogP contribution in [0.1, 0.15) is 118 Å². The summed E-state index contributed by atoms with van der Waals surface area (Å²) in [7, 11) is 0. The fourth-order valence-corrected chi connectivity index (χ4v) is 5.78. The first-order chi connectivity index (χ1) is 16.6. The van der Waals surface area contributed by atoms with Gasteiger partial charge in [0.1, 0.15) is 5.60 Å². The van der Waals surface area contributed by atoms with Gasteiger partial charge in [-0.05, 0) is 70.6 Å². The zero-order chi connectivity index (χ0) is 25.9. The van der Waals surface area contributed by atoms with Gasteiger partial charge in [-0.2, -0.15) is 0 Å². The second-order valence-electron chi connectivity index (χ2n) is 11.8. The van der Waals surface area contributed by atoms with Crippen molar-refractivity contribution in [3.63, 3.8) is 0 Å². The van der Waals surface area contributed by atoms with Crippen LogP contribution >= 0.6 is 0 Å². The summed E-state index contributed by atoms with van der Waals surface area (Å²) in [4.78, 5) is 38.4. The molecule has 2 rings (SSSR count). The molecule has 2 aliphatic carbocycles. The van der Waals surface area contributed by atoms with Gasteiger partial charge in [0.15, 0.2) is 0 Å². The van der Waals surface area contributed by atoms with Gasteiger partial charge in [-0.25, -0.2) is 4.79 Å². The van der Waals surface area contributed by atoms with Crippen molar-refractivity contribution in [1.29, 1.82) is 0 Å². The van der Waals surface area contributed by atoms with E-state index in [1.807, 2.05) is 27.7 Å². The molecule has 3 atom stereocenters. The van der Waals surface area contributed by atoms with Crippen LogP contribution < -0.4 is 10.6 Å². The molecule has 0 unspecified atom stereocenters. The molecule has 202 valence electrons. The Labute approximate surface area is 212 Å². The van der Waals surface area contributed by atoms with E-state index in [9.17, 15) is 14.4 Å². The Morgan fingerprint density at radius 3 is 2.31 bits per heavy atom. The fourth-order valence-electron chi connectivity index (χ4n) is 5.78. The van der Waals surface area contributed by atoms with E-state index in [1.54, 1.807) is 0 Å². The minimum Gasteiger partial charge on any atom is -0.465 e. The Bertz CT molecular complexity index is 681. The van der Waals surface area contributed by atoms with E-state index in [2.05, 4.69) is 17.6 Å². The first kappa shape index (κ1) is 29.4. The summed E-state index contributed by atoms with van der Waals surface area (Å²) in [5.41, 5.74) is -0.794. The van der Waals surface area contributed by atoms with Crippen molar-refractivity contribution in [2.75, 3.05) is 13.2 Å². The lowest BCUT2D eigenvalue weighted by molar-refractivity contribution is -0.152. The molecule has 0 aromatic heterocycles. The van der Waals surface area contributed by atoms with Crippen molar-refractivity contribution < 1.29 is 23.9 Å². The lowest BCUT2D eigenvalue weighted by atomic mass is 9.71. The van der Waals surface area contributed by atoms with Crippen molar-refractivity contribution in [1.82, 2.24) is 10.6 Å². The molecule has 2 amide bonds. The molecule has 0 aromatic rings. The second kappa shape index (κ2) is 14.1. The van der Waals surface area contributed by atoms with Crippen LogP contribution in [-0.4, -0.2) is 42.8 Å². The minimum absolute atomic E-state index is 0.000573. The predicted octanol–water partition coefficient (Wildman–Crippen LogP) is 5.90. The second-order valence-corrected chi connectivity index (χ2v) is 11.8. The van der Waals surface area contributed by atoms with E-state index in [0.29, 0.717) is 19.6 Å². The number of hydrogen-bond acceptors (Lipinski definition) is 5. The van der Waals surface area contributed by atoms with Gasteiger partial charge in [0.25, 0.3) is 0 Å². The Balaban J connectivity index is 2.01. The van der Waals surface area contributed by atoms with Crippen molar-refractivity contribution in [3.05, 3.63) is 0 Å². The summed E-state index contributed by atoms with van der Waals surface area (Å²) in [6, 6.07) is -0.000573. The third kappa shape index (κ3) is 10.0. The molecule has 0 saturated heterocycles. The molecule has 0 radical (unpaired) electrons. The van der Waals surface area contributed by atoms with Crippen LogP contribution in [0, 0.1) is 17.3 Å². The quantitative estimate of drug-likeness (QED) is 0.276. The first-order valence-electron chi connectivity index (χ1n) is 14.0. The number of ether oxygens (including phenoxy) is 2. The summed E-state index contributed by atoms with van der Waals surface area (Å²) < 4.78 is 11.0. The molecule has 2 saturated carbocycles. The predicted molar refractivity (Wildman–Crippen MR) is 138 cm³/mol. The zero-order valence-electron chi connectivity index (χ0n) is 22.9. The van der Waals surface area contributed by atoms with Gasteiger partial charge in [0.05, 0.1) is 12.5 Å². The number of nitrogens with one attached hydrogen (secondary N) is 2. The molecule has 2 aliphatic rings. The molecule has 0 bridgehead atoms. The summed E-state index contributed by atoms with van der Waals surface area (Å²) in [6.07, 6.45) is 11.7. The number of amides is 2. The number of rotatable bonds is 11. The standard InChI is InChI=1S/C28H50N2O5/c1-6-8-18-34-25(32)21(7-2)22-14-10-11-15-23(22)30-24(31)19-28(16-12-9-13-17-28)20-29-26(33)35-27(3,4)5/h21-23H,6-20H2,1-5H3,(H,29,33)(H,30,31)/t21-,22-,23-/m1/s1. The van der Waals surface area contributed by atoms with Crippen molar-refractivity contribution in [2.24, 2.45) is 17.3 Å². The Morgan fingerprint density at radius 2 is 1.69 bits per heavy atom. The van der Waals surface area contributed by atoms with E-state index < -0.39 is 11.7 Å². The zero-order valence-corrected chi connectivity index (χ0v) is 22.9. The highest BCUT2D eigenvalue weighted by Gasteiger charge is 2.39. The van der Waals surface area contributed by atoms with Crippen LogP contribution in [-0.2, 0) is 19.1 Å². The minimum atomic E-state index is -0.551. The molecule has 0 heterocycles. The van der Waals surface area contributed by atoms with Crippen molar-refractivity contribution in [3.8, 4) is 0 Å². The molecule has 0 spiro atoms. The highest BCUT2D eigenvalue weighted by Crippen LogP contribution is 2.39. The van der Waals surface area contributed by atoms with Crippen LogP contribution in [0.25, 0.3) is 0 Å². The van der Waals surface area contributed by atoms with Gasteiger partial charge in [-0.1, -0.05) is 52.4 Å². The van der Waals surface area contributed by atoms with Gasteiger partial charge >= 0.3 is 12.1 Å². The van der Waals surface area contributed by atoms with Crippen LogP contribution in [0.5, 0.6) is 0 Å².